The molecule has 1 saturated heterocycles. The molecule has 0 unspecified atom stereocenters. The van der Waals surface area contributed by atoms with Gasteiger partial charge >= 0.3 is 20.8 Å². The van der Waals surface area contributed by atoms with E-state index in [9.17, 15) is 25.9 Å². The zero-order valence-corrected chi connectivity index (χ0v) is 30.7. The monoisotopic (exact) mass is 694 g/mol. The highest BCUT2D eigenvalue weighted by Gasteiger charge is 2.69. The maximum absolute atomic E-state index is 11.9. The first kappa shape index (κ1) is 34.1. The molecule has 1 aliphatic heterocycles. The molecule has 10 atom stereocenters. The number of fused-ring (bicyclic) bond motifs is 7. The summed E-state index contributed by atoms with van der Waals surface area (Å²) in [7, 11) is -9.65. The molecule has 11 heteroatoms. The Labute approximate surface area is 281 Å². The predicted octanol–water partition coefficient (Wildman–Crippen LogP) is 7.88. The van der Waals surface area contributed by atoms with Gasteiger partial charge in [-0.2, -0.15) is 16.8 Å². The first-order valence-corrected chi connectivity index (χ1v) is 20.5. The van der Waals surface area contributed by atoms with Crippen molar-refractivity contribution in [3.63, 3.8) is 0 Å². The zero-order valence-electron chi connectivity index (χ0n) is 29.1. The van der Waals surface area contributed by atoms with Crippen molar-refractivity contribution in [3.8, 4) is 11.5 Å². The minimum atomic E-state index is -4.83. The van der Waals surface area contributed by atoms with Gasteiger partial charge in [-0.3, -0.25) is 9.11 Å². The molecule has 264 valence electrons. The minimum Gasteiger partial charge on any atom is -0.371 e. The van der Waals surface area contributed by atoms with Crippen LogP contribution in [-0.4, -0.2) is 37.6 Å². The zero-order chi connectivity index (χ0) is 34.2. The van der Waals surface area contributed by atoms with Gasteiger partial charge in [0, 0.05) is 16.5 Å². The fraction of sp³-hybridized carbons (Fsp3) is 0.833. The predicted molar refractivity (Wildman–Crippen MR) is 178 cm³/mol. The summed E-state index contributed by atoms with van der Waals surface area (Å²) in [4.78, 5) is 0. The summed E-state index contributed by atoms with van der Waals surface area (Å²) in [6.45, 7) is 16.9. The Morgan fingerprint density at radius 3 is 2.00 bits per heavy atom. The van der Waals surface area contributed by atoms with Crippen molar-refractivity contribution in [2.24, 2.45) is 45.3 Å². The first-order valence-electron chi connectivity index (χ1n) is 17.7. The van der Waals surface area contributed by atoms with Gasteiger partial charge in [-0.1, -0.05) is 48.0 Å². The summed E-state index contributed by atoms with van der Waals surface area (Å²) >= 11 is 0. The molecule has 47 heavy (non-hydrogen) atoms. The normalized spacial score (nSPS) is 45.6. The molecule has 1 heterocycles. The summed E-state index contributed by atoms with van der Waals surface area (Å²) in [5.74, 6) is 1.51. The molecular weight excluding hydrogens is 641 g/mol. The van der Waals surface area contributed by atoms with Crippen LogP contribution in [0, 0.1) is 45.3 Å². The van der Waals surface area contributed by atoms with E-state index in [-0.39, 0.29) is 50.8 Å². The third-order valence-corrected chi connectivity index (χ3v) is 16.5. The van der Waals surface area contributed by atoms with Crippen LogP contribution in [0.25, 0.3) is 0 Å². The van der Waals surface area contributed by atoms with Gasteiger partial charge in [0.2, 0.25) is 0 Å². The SMILES string of the molecule is CC1(C)CCC[C@]2(C)O[C@H]3CC[C@](C)([C@@H]4CC[C@]5(C)[C@@H]4CC[C@]4(C)c6c(OS(=O)(=O)O)ccc(OS(=O)(=O)O)c6C[C@@H]54)[C@]3(C)CC[C@@H]12. The lowest BCUT2D eigenvalue weighted by Gasteiger charge is -2.56. The molecule has 0 spiro atoms. The van der Waals surface area contributed by atoms with E-state index in [1.807, 2.05) is 0 Å². The average molecular weight is 695 g/mol. The smallest absolute Gasteiger partial charge is 0.371 e. The summed E-state index contributed by atoms with van der Waals surface area (Å²) < 4.78 is 84.2. The molecule has 1 aromatic carbocycles. The van der Waals surface area contributed by atoms with Gasteiger partial charge in [0.15, 0.2) is 0 Å². The van der Waals surface area contributed by atoms with E-state index in [1.165, 1.54) is 37.8 Å². The lowest BCUT2D eigenvalue weighted by atomic mass is 9.48. The topological polar surface area (TPSA) is 136 Å². The second kappa shape index (κ2) is 10.3. The van der Waals surface area contributed by atoms with E-state index in [2.05, 4.69) is 48.5 Å². The van der Waals surface area contributed by atoms with Crippen LogP contribution < -0.4 is 8.37 Å². The third kappa shape index (κ3) is 4.97. The highest BCUT2D eigenvalue weighted by molar-refractivity contribution is 7.81. The first-order chi connectivity index (χ1) is 21.6. The fourth-order valence-corrected chi connectivity index (χ4v) is 14.2. The van der Waals surface area contributed by atoms with Crippen molar-refractivity contribution in [2.45, 2.75) is 143 Å². The quantitative estimate of drug-likeness (QED) is 0.295. The van der Waals surface area contributed by atoms with Crippen LogP contribution in [0.2, 0.25) is 0 Å². The molecule has 4 saturated carbocycles. The Balaban J connectivity index is 1.24. The Morgan fingerprint density at radius 1 is 0.702 bits per heavy atom. The van der Waals surface area contributed by atoms with Crippen molar-refractivity contribution in [2.75, 3.05) is 0 Å². The van der Waals surface area contributed by atoms with Gasteiger partial charge in [-0.25, -0.2) is 0 Å². The van der Waals surface area contributed by atoms with E-state index in [0.717, 1.165) is 44.9 Å². The molecule has 2 N–H and O–H groups in total. The molecule has 0 aromatic heterocycles. The lowest BCUT2D eigenvalue weighted by molar-refractivity contribution is -0.179. The standard InChI is InChI=1S/C36H54O9S2/c1-31(2)15-8-16-36(7)27(31)13-19-35(6)29(43-36)14-20-34(35,5)24-12-17-32(3)23(24)11-18-33(4)28(32)21-22-25(44-46(37,38)39)9-10-26(30(22)33)45-47(40,41)42/h9-10,23-24,27-29H,8,11-21H2,1-7H3,(H,37,38,39)(H,40,41,42)/t23-,24-,27+,28+,29+,32-,33+,34-,35-,36+/m1/s1. The highest BCUT2D eigenvalue weighted by Crippen LogP contribution is 2.74. The van der Waals surface area contributed by atoms with E-state index in [1.54, 1.807) is 0 Å². The molecule has 9 nitrogen and oxygen atoms in total. The van der Waals surface area contributed by atoms with Crippen LogP contribution in [0.15, 0.2) is 12.1 Å². The van der Waals surface area contributed by atoms with Crippen molar-refractivity contribution in [1.82, 2.24) is 0 Å². The number of benzene rings is 1. The van der Waals surface area contributed by atoms with Crippen LogP contribution in [0.1, 0.15) is 130 Å². The maximum Gasteiger partial charge on any atom is 0.446 e. The molecule has 6 aliphatic rings. The van der Waals surface area contributed by atoms with Crippen LogP contribution in [0.5, 0.6) is 11.5 Å². The van der Waals surface area contributed by atoms with Gasteiger partial charge in [0.1, 0.15) is 11.5 Å². The average Bonchev–Trinajstić information content (AvgIpc) is 3.49. The van der Waals surface area contributed by atoms with E-state index < -0.39 is 26.2 Å². The summed E-state index contributed by atoms with van der Waals surface area (Å²) in [6, 6.07) is 2.62. The Morgan fingerprint density at radius 2 is 1.32 bits per heavy atom. The van der Waals surface area contributed by atoms with Crippen LogP contribution in [0.3, 0.4) is 0 Å². The van der Waals surface area contributed by atoms with E-state index in [0.29, 0.717) is 35.3 Å². The number of hydrogen-bond donors (Lipinski definition) is 2. The maximum atomic E-state index is 11.9. The Kier molecular flexibility index (Phi) is 7.49. The molecule has 0 radical (unpaired) electrons. The van der Waals surface area contributed by atoms with Gasteiger partial charge in [0.25, 0.3) is 0 Å². The van der Waals surface area contributed by atoms with Gasteiger partial charge < -0.3 is 13.1 Å². The van der Waals surface area contributed by atoms with Gasteiger partial charge in [-0.15, -0.1) is 0 Å². The van der Waals surface area contributed by atoms with Crippen molar-refractivity contribution in [3.05, 3.63) is 23.3 Å². The summed E-state index contributed by atoms with van der Waals surface area (Å²) in [5, 5.41) is 0. The van der Waals surface area contributed by atoms with Crippen LogP contribution in [-0.2, 0) is 37.4 Å². The number of ether oxygens (including phenoxy) is 1. The number of hydrogen-bond acceptors (Lipinski definition) is 7. The van der Waals surface area contributed by atoms with Crippen molar-refractivity contribution < 1.29 is 39.0 Å². The molecule has 7 rings (SSSR count). The molecule has 0 amide bonds. The van der Waals surface area contributed by atoms with Crippen LogP contribution in [0.4, 0.5) is 0 Å². The van der Waals surface area contributed by atoms with E-state index in [4.69, 9.17) is 13.1 Å². The Hall–Kier alpha value is -1.40. The largest absolute Gasteiger partial charge is 0.446 e. The van der Waals surface area contributed by atoms with Gasteiger partial charge in [-0.05, 0) is 135 Å². The molecule has 5 aliphatic carbocycles. The summed E-state index contributed by atoms with van der Waals surface area (Å²) in [6.07, 6.45) is 12.8. The summed E-state index contributed by atoms with van der Waals surface area (Å²) in [5.41, 5.74) is 0.787. The highest BCUT2D eigenvalue weighted by atomic mass is 32.3. The Bertz CT molecular complexity index is 1690. The third-order valence-electron chi connectivity index (χ3n) is 15.8. The number of rotatable bonds is 5. The van der Waals surface area contributed by atoms with E-state index >= 15 is 0 Å². The molecule has 0 bridgehead atoms. The molecular formula is C36H54O9S2. The van der Waals surface area contributed by atoms with Crippen molar-refractivity contribution in [1.29, 1.82) is 0 Å². The van der Waals surface area contributed by atoms with Crippen LogP contribution >= 0.6 is 0 Å². The molecule has 1 aromatic rings. The lowest BCUT2D eigenvalue weighted by Crippen LogP contribution is -2.52. The van der Waals surface area contributed by atoms with Crippen molar-refractivity contribution >= 4 is 20.8 Å². The second-order valence-electron chi connectivity index (χ2n) is 18.1. The second-order valence-corrected chi connectivity index (χ2v) is 20.2. The van der Waals surface area contributed by atoms with Gasteiger partial charge in [0.05, 0.1) is 11.7 Å². The molecule has 5 fully saturated rings. The fourth-order valence-electron chi connectivity index (χ4n) is 13.5. The minimum absolute atomic E-state index is 0.0154.